The number of rotatable bonds is 5. The van der Waals surface area contributed by atoms with Crippen molar-refractivity contribution in [3.8, 4) is 0 Å². The fourth-order valence-electron chi connectivity index (χ4n) is 1.88. The minimum atomic E-state index is 0.739. The zero-order chi connectivity index (χ0) is 13.1. The van der Waals surface area contributed by atoms with Crippen molar-refractivity contribution in [1.29, 1.82) is 0 Å². The summed E-state index contributed by atoms with van der Waals surface area (Å²) in [6.45, 7) is 3.03. The van der Waals surface area contributed by atoms with Crippen LogP contribution in [0.3, 0.4) is 0 Å². The van der Waals surface area contributed by atoms with Gasteiger partial charge in [0.2, 0.25) is 0 Å². The number of nitrogens with zero attached hydrogens (tertiary/aromatic N) is 2. The Morgan fingerprint density at radius 3 is 2.89 bits per heavy atom. The van der Waals surface area contributed by atoms with E-state index in [1.165, 1.54) is 24.0 Å². The molecule has 0 spiro atoms. The van der Waals surface area contributed by atoms with E-state index >= 15 is 0 Å². The van der Waals surface area contributed by atoms with Crippen LogP contribution in [0.2, 0.25) is 0 Å². The molecule has 1 saturated carbocycles. The molecule has 0 unspecified atom stereocenters. The second-order valence-electron chi connectivity index (χ2n) is 4.89. The highest BCUT2D eigenvalue weighted by Crippen LogP contribution is 2.27. The summed E-state index contributed by atoms with van der Waals surface area (Å²) in [4.78, 5) is 8.87. The lowest BCUT2D eigenvalue weighted by atomic mass is 10.2. The lowest BCUT2D eigenvalue weighted by molar-refractivity contribution is 0.684. The minimum Gasteiger partial charge on any atom is -0.310 e. The molecule has 1 N–H and O–H groups in total. The Morgan fingerprint density at radius 2 is 2.21 bits per heavy atom. The van der Waals surface area contributed by atoms with E-state index in [4.69, 9.17) is 0 Å². The van der Waals surface area contributed by atoms with Gasteiger partial charge in [-0.2, -0.15) is 0 Å². The predicted octanol–water partition coefficient (Wildman–Crippen LogP) is 3.19. The van der Waals surface area contributed by atoms with Crippen LogP contribution in [0.4, 0.5) is 0 Å². The lowest BCUT2D eigenvalue weighted by Crippen LogP contribution is -2.15. The van der Waals surface area contributed by atoms with E-state index in [1.54, 1.807) is 11.8 Å². The molecule has 0 saturated heterocycles. The van der Waals surface area contributed by atoms with Crippen molar-refractivity contribution >= 4 is 11.8 Å². The number of aromatic nitrogens is 2. The molecule has 0 atom stereocenters. The van der Waals surface area contributed by atoms with E-state index in [0.29, 0.717) is 0 Å². The van der Waals surface area contributed by atoms with E-state index in [-0.39, 0.29) is 0 Å². The first-order chi connectivity index (χ1) is 9.31. The summed E-state index contributed by atoms with van der Waals surface area (Å²) in [6.07, 6.45) is 6.42. The van der Waals surface area contributed by atoms with Gasteiger partial charge in [0.15, 0.2) is 0 Å². The van der Waals surface area contributed by atoms with E-state index < -0.39 is 0 Å². The molecule has 0 bridgehead atoms. The Labute approximate surface area is 117 Å². The zero-order valence-electron chi connectivity index (χ0n) is 11.0. The lowest BCUT2D eigenvalue weighted by Gasteiger charge is -2.07. The molecule has 3 nitrogen and oxygen atoms in total. The van der Waals surface area contributed by atoms with Gasteiger partial charge in [-0.1, -0.05) is 12.1 Å². The van der Waals surface area contributed by atoms with Crippen molar-refractivity contribution in [3.05, 3.63) is 47.8 Å². The van der Waals surface area contributed by atoms with Crippen molar-refractivity contribution in [2.45, 2.75) is 42.4 Å². The molecule has 0 aliphatic heterocycles. The molecule has 19 heavy (non-hydrogen) atoms. The third-order valence-corrected chi connectivity index (χ3v) is 4.17. The smallest absolute Gasteiger partial charge is 0.105 e. The molecule has 98 valence electrons. The Hall–Kier alpha value is -1.39. The number of hydrogen-bond acceptors (Lipinski definition) is 4. The maximum Gasteiger partial charge on any atom is 0.105 e. The summed E-state index contributed by atoms with van der Waals surface area (Å²) in [6, 6.07) is 8.89. The second kappa shape index (κ2) is 5.72. The topological polar surface area (TPSA) is 37.8 Å². The number of hydrogen-bond donors (Lipinski definition) is 1. The fourth-order valence-corrected chi connectivity index (χ4v) is 2.66. The normalized spacial score (nSPS) is 14.6. The van der Waals surface area contributed by atoms with E-state index in [2.05, 4.69) is 28.3 Å². The van der Waals surface area contributed by atoms with Crippen LogP contribution in [0.15, 0.2) is 46.7 Å². The average Bonchev–Trinajstić information content (AvgIpc) is 3.25. The summed E-state index contributed by atoms with van der Waals surface area (Å²) < 4.78 is 0. The van der Waals surface area contributed by atoms with Gasteiger partial charge in [0.05, 0.1) is 0 Å². The van der Waals surface area contributed by atoms with Crippen molar-refractivity contribution in [2.75, 3.05) is 0 Å². The first-order valence-corrected chi connectivity index (χ1v) is 7.41. The maximum atomic E-state index is 4.55. The molecule has 1 fully saturated rings. The van der Waals surface area contributed by atoms with Crippen LogP contribution in [0.25, 0.3) is 0 Å². The van der Waals surface area contributed by atoms with Crippen molar-refractivity contribution < 1.29 is 0 Å². The highest BCUT2D eigenvalue weighted by molar-refractivity contribution is 7.99. The summed E-state index contributed by atoms with van der Waals surface area (Å²) in [5.74, 6) is 0. The molecule has 0 aromatic carbocycles. The van der Waals surface area contributed by atoms with Gasteiger partial charge in [0.25, 0.3) is 0 Å². The molecule has 1 aliphatic carbocycles. The molecular formula is C15H17N3S. The Morgan fingerprint density at radius 1 is 1.32 bits per heavy atom. The molecule has 0 radical (unpaired) electrons. The SMILES string of the molecule is Cc1cc(CNC2CC2)cnc1Sc1ccccn1. The van der Waals surface area contributed by atoms with E-state index in [1.807, 2.05) is 30.6 Å². The van der Waals surface area contributed by atoms with E-state index in [9.17, 15) is 0 Å². The molecule has 3 rings (SSSR count). The Kier molecular flexibility index (Phi) is 3.80. The third-order valence-electron chi connectivity index (χ3n) is 3.10. The third kappa shape index (κ3) is 3.55. The molecule has 0 amide bonds. The van der Waals surface area contributed by atoms with Crippen molar-refractivity contribution in [3.63, 3.8) is 0 Å². The van der Waals surface area contributed by atoms with Gasteiger partial charge in [-0.25, -0.2) is 9.97 Å². The monoisotopic (exact) mass is 271 g/mol. The number of aryl methyl sites for hydroxylation is 1. The largest absolute Gasteiger partial charge is 0.310 e. The van der Waals surface area contributed by atoms with Crippen LogP contribution >= 0.6 is 11.8 Å². The van der Waals surface area contributed by atoms with Gasteiger partial charge in [-0.05, 0) is 54.8 Å². The molecule has 1 aliphatic rings. The molecule has 4 heteroatoms. The van der Waals surface area contributed by atoms with Crippen LogP contribution in [0, 0.1) is 6.92 Å². The standard InChI is InChI=1S/C15H17N3S/c1-11-8-12(9-17-13-5-6-13)10-18-15(11)19-14-4-2-3-7-16-14/h2-4,7-8,10,13,17H,5-6,9H2,1H3. The fraction of sp³-hybridized carbons (Fsp3) is 0.333. The van der Waals surface area contributed by atoms with Crippen LogP contribution in [-0.4, -0.2) is 16.0 Å². The molecular weight excluding hydrogens is 254 g/mol. The second-order valence-corrected chi connectivity index (χ2v) is 5.90. The minimum absolute atomic E-state index is 0.739. The number of pyridine rings is 2. The van der Waals surface area contributed by atoms with E-state index in [0.717, 1.165) is 22.6 Å². The summed E-state index contributed by atoms with van der Waals surface area (Å²) >= 11 is 1.62. The van der Waals surface area contributed by atoms with Gasteiger partial charge in [0.1, 0.15) is 10.1 Å². The zero-order valence-corrected chi connectivity index (χ0v) is 11.8. The van der Waals surface area contributed by atoms with Crippen LogP contribution in [0.5, 0.6) is 0 Å². The van der Waals surface area contributed by atoms with Crippen LogP contribution in [0.1, 0.15) is 24.0 Å². The Balaban J connectivity index is 1.68. The molecule has 2 aromatic rings. The molecule has 2 heterocycles. The van der Waals surface area contributed by atoms with Gasteiger partial charge in [0, 0.05) is 25.0 Å². The van der Waals surface area contributed by atoms with Gasteiger partial charge >= 0.3 is 0 Å². The quantitative estimate of drug-likeness (QED) is 0.906. The van der Waals surface area contributed by atoms with Gasteiger partial charge in [-0.15, -0.1) is 0 Å². The summed E-state index contributed by atoms with van der Waals surface area (Å²) in [7, 11) is 0. The Bertz CT molecular complexity index is 553. The number of nitrogens with one attached hydrogen (secondary N) is 1. The first-order valence-electron chi connectivity index (χ1n) is 6.59. The maximum absolute atomic E-state index is 4.55. The predicted molar refractivity (Wildman–Crippen MR) is 77.2 cm³/mol. The highest BCUT2D eigenvalue weighted by atomic mass is 32.2. The summed E-state index contributed by atoms with van der Waals surface area (Å²) in [5, 5.41) is 5.53. The van der Waals surface area contributed by atoms with Gasteiger partial charge < -0.3 is 5.32 Å². The van der Waals surface area contributed by atoms with Crippen LogP contribution in [-0.2, 0) is 6.54 Å². The highest BCUT2D eigenvalue weighted by Gasteiger charge is 2.20. The molecule has 2 aromatic heterocycles. The van der Waals surface area contributed by atoms with Crippen LogP contribution < -0.4 is 5.32 Å². The van der Waals surface area contributed by atoms with Gasteiger partial charge in [-0.3, -0.25) is 0 Å². The van der Waals surface area contributed by atoms with Crippen molar-refractivity contribution in [1.82, 2.24) is 15.3 Å². The van der Waals surface area contributed by atoms with Crippen molar-refractivity contribution in [2.24, 2.45) is 0 Å². The first kappa shape index (κ1) is 12.6. The average molecular weight is 271 g/mol. The summed E-state index contributed by atoms with van der Waals surface area (Å²) in [5.41, 5.74) is 2.47.